The fourth-order valence-electron chi connectivity index (χ4n) is 6.08. The van der Waals surface area contributed by atoms with Crippen LogP contribution >= 0.6 is 0 Å². The maximum absolute atomic E-state index is 14.5. The van der Waals surface area contributed by atoms with Crippen molar-refractivity contribution >= 4 is 23.2 Å². The number of amides is 2. The summed E-state index contributed by atoms with van der Waals surface area (Å²) >= 11 is 0. The Labute approximate surface area is 261 Å². The van der Waals surface area contributed by atoms with Gasteiger partial charge in [-0.15, -0.1) is 0 Å². The highest BCUT2D eigenvalue weighted by atomic mass is 16.2. The van der Waals surface area contributed by atoms with E-state index in [0.29, 0.717) is 35.6 Å². The Kier molecular flexibility index (Phi) is 7.41. The molecule has 2 aliphatic rings. The Morgan fingerprint density at radius 1 is 0.455 bits per heavy atom. The van der Waals surface area contributed by atoms with Crippen molar-refractivity contribution in [1.82, 2.24) is 9.80 Å². The molecule has 0 saturated carbocycles. The van der Waals surface area contributed by atoms with Gasteiger partial charge in [0, 0.05) is 0 Å². The zero-order valence-electron chi connectivity index (χ0n) is 26.5. The highest BCUT2D eigenvalue weighted by molar-refractivity contribution is 6.30. The Morgan fingerprint density at radius 3 is 1.07 bits per heavy atom. The standard InChI is InChI=1S/C40H40N2O2/c1-39(2,3)31-21-17-27(18-22-31)25-41-35(29-13-9-7-10-14-29)33-34(37(41)43)36(30-15-11-8-12-16-30)42(38(33)44)26-28-19-23-32(24-20-28)40(4,5)6/h7-24H,25-26H2,1-6H3. The first-order valence-corrected chi connectivity index (χ1v) is 15.4. The van der Waals surface area contributed by atoms with Crippen molar-refractivity contribution in [1.29, 1.82) is 0 Å². The lowest BCUT2D eigenvalue weighted by atomic mass is 9.87. The van der Waals surface area contributed by atoms with Crippen molar-refractivity contribution in [2.45, 2.75) is 65.5 Å². The lowest BCUT2D eigenvalue weighted by Gasteiger charge is -2.26. The van der Waals surface area contributed by atoms with Gasteiger partial charge in [0.05, 0.1) is 35.6 Å². The maximum atomic E-state index is 14.5. The lowest BCUT2D eigenvalue weighted by molar-refractivity contribution is -0.124. The third-order valence-corrected chi connectivity index (χ3v) is 8.60. The average Bonchev–Trinajstić information content (AvgIpc) is 3.44. The van der Waals surface area contributed by atoms with E-state index >= 15 is 0 Å². The molecule has 0 aliphatic carbocycles. The van der Waals surface area contributed by atoms with E-state index in [4.69, 9.17) is 0 Å². The summed E-state index contributed by atoms with van der Waals surface area (Å²) in [6.45, 7) is 13.9. The van der Waals surface area contributed by atoms with E-state index in [1.807, 2.05) is 60.7 Å². The third kappa shape index (κ3) is 5.41. The van der Waals surface area contributed by atoms with E-state index in [9.17, 15) is 9.59 Å². The molecule has 44 heavy (non-hydrogen) atoms. The predicted octanol–water partition coefficient (Wildman–Crippen LogP) is 8.49. The molecule has 2 heterocycles. The van der Waals surface area contributed by atoms with Crippen molar-refractivity contribution in [3.05, 3.63) is 154 Å². The molecule has 0 unspecified atom stereocenters. The van der Waals surface area contributed by atoms with E-state index in [2.05, 4.69) is 90.1 Å². The van der Waals surface area contributed by atoms with Crippen LogP contribution < -0.4 is 0 Å². The zero-order chi connectivity index (χ0) is 31.2. The van der Waals surface area contributed by atoms with Crippen LogP contribution in [0.25, 0.3) is 11.4 Å². The van der Waals surface area contributed by atoms with Gasteiger partial charge in [-0.2, -0.15) is 0 Å². The minimum absolute atomic E-state index is 0.0362. The monoisotopic (exact) mass is 580 g/mol. The van der Waals surface area contributed by atoms with Crippen molar-refractivity contribution in [3.63, 3.8) is 0 Å². The summed E-state index contributed by atoms with van der Waals surface area (Å²) in [5.74, 6) is -0.284. The molecule has 6 rings (SSSR count). The number of hydrogen-bond acceptors (Lipinski definition) is 2. The first-order valence-electron chi connectivity index (χ1n) is 15.4. The molecule has 4 nitrogen and oxygen atoms in total. The van der Waals surface area contributed by atoms with Crippen LogP contribution in [0.2, 0.25) is 0 Å². The van der Waals surface area contributed by atoms with E-state index in [1.165, 1.54) is 11.1 Å². The smallest absolute Gasteiger partial charge is 0.261 e. The van der Waals surface area contributed by atoms with Gasteiger partial charge in [0.1, 0.15) is 0 Å². The second-order valence-corrected chi connectivity index (χ2v) is 13.9. The largest absolute Gasteiger partial charge is 0.302 e. The molecule has 0 radical (unpaired) electrons. The van der Waals surface area contributed by atoms with Gasteiger partial charge in [0.2, 0.25) is 0 Å². The Balaban J connectivity index is 1.47. The Bertz CT molecular complexity index is 1630. The normalized spacial score (nSPS) is 15.5. The zero-order valence-corrected chi connectivity index (χ0v) is 26.5. The molecule has 0 spiro atoms. The van der Waals surface area contributed by atoms with Gasteiger partial charge in [-0.25, -0.2) is 0 Å². The van der Waals surface area contributed by atoms with Crippen LogP contribution in [0.4, 0.5) is 0 Å². The van der Waals surface area contributed by atoms with Gasteiger partial charge in [0.15, 0.2) is 0 Å². The molecule has 0 bridgehead atoms. The number of hydrogen-bond donors (Lipinski definition) is 0. The van der Waals surface area contributed by atoms with Gasteiger partial charge in [-0.1, -0.05) is 151 Å². The van der Waals surface area contributed by atoms with Crippen LogP contribution in [0.1, 0.15) is 74.9 Å². The van der Waals surface area contributed by atoms with E-state index < -0.39 is 0 Å². The molecule has 4 heteroatoms. The molecule has 0 N–H and O–H groups in total. The Hall–Kier alpha value is -4.70. The SMILES string of the molecule is CC(C)(C)c1ccc(CN2C(=O)C3=C(c4ccccc4)N(Cc4ccc(C(C)(C)C)cc4)C(=O)C3=C2c2ccccc2)cc1. The van der Waals surface area contributed by atoms with E-state index in [1.54, 1.807) is 9.80 Å². The summed E-state index contributed by atoms with van der Waals surface area (Å²) in [6.07, 6.45) is 0. The fraction of sp³-hybridized carbons (Fsp3) is 0.250. The molecule has 0 aromatic heterocycles. The van der Waals surface area contributed by atoms with Crippen molar-refractivity contribution < 1.29 is 9.59 Å². The second-order valence-electron chi connectivity index (χ2n) is 13.9. The summed E-state index contributed by atoms with van der Waals surface area (Å²) < 4.78 is 0. The molecule has 222 valence electrons. The predicted molar refractivity (Wildman–Crippen MR) is 178 cm³/mol. The van der Waals surface area contributed by atoms with Crippen LogP contribution in [-0.4, -0.2) is 21.6 Å². The highest BCUT2D eigenvalue weighted by Gasteiger charge is 2.48. The minimum atomic E-state index is -0.142. The summed E-state index contributed by atoms with van der Waals surface area (Å²) in [5, 5.41) is 0. The van der Waals surface area contributed by atoms with Crippen LogP contribution in [0.5, 0.6) is 0 Å². The summed E-state index contributed by atoms with van der Waals surface area (Å²) in [4.78, 5) is 32.7. The molecule has 4 aromatic carbocycles. The topological polar surface area (TPSA) is 40.6 Å². The molecular weight excluding hydrogens is 540 g/mol. The van der Waals surface area contributed by atoms with Crippen LogP contribution in [0.3, 0.4) is 0 Å². The van der Waals surface area contributed by atoms with Crippen molar-refractivity contribution in [2.75, 3.05) is 0 Å². The molecule has 4 aromatic rings. The number of benzene rings is 4. The number of carbonyl (C=O) groups excluding carboxylic acids is 2. The number of fused-ring (bicyclic) bond motifs is 1. The Morgan fingerprint density at radius 2 is 0.773 bits per heavy atom. The summed E-state index contributed by atoms with van der Waals surface area (Å²) in [5.41, 5.74) is 8.62. The number of rotatable bonds is 6. The summed E-state index contributed by atoms with van der Waals surface area (Å²) in [6, 6.07) is 36.6. The highest BCUT2D eigenvalue weighted by Crippen LogP contribution is 2.47. The van der Waals surface area contributed by atoms with Crippen LogP contribution in [-0.2, 0) is 33.5 Å². The maximum Gasteiger partial charge on any atom is 0.261 e. The molecule has 0 saturated heterocycles. The average molecular weight is 581 g/mol. The number of nitrogens with zero attached hydrogens (tertiary/aromatic N) is 2. The van der Waals surface area contributed by atoms with Crippen molar-refractivity contribution in [3.8, 4) is 0 Å². The second kappa shape index (κ2) is 11.1. The molecule has 0 atom stereocenters. The molecule has 2 amide bonds. The third-order valence-electron chi connectivity index (χ3n) is 8.60. The first kappa shape index (κ1) is 29.4. The lowest BCUT2D eigenvalue weighted by Crippen LogP contribution is -2.29. The first-order chi connectivity index (χ1) is 20.9. The fourth-order valence-corrected chi connectivity index (χ4v) is 6.08. The van der Waals surface area contributed by atoms with E-state index in [-0.39, 0.29) is 22.6 Å². The minimum Gasteiger partial charge on any atom is -0.302 e. The van der Waals surface area contributed by atoms with Gasteiger partial charge >= 0.3 is 0 Å². The quantitative estimate of drug-likeness (QED) is 0.229. The van der Waals surface area contributed by atoms with Crippen molar-refractivity contribution in [2.24, 2.45) is 0 Å². The number of carbonyl (C=O) groups is 2. The summed E-state index contributed by atoms with van der Waals surface area (Å²) in [7, 11) is 0. The van der Waals surface area contributed by atoms with Gasteiger partial charge in [-0.3, -0.25) is 9.59 Å². The van der Waals surface area contributed by atoms with Gasteiger partial charge in [-0.05, 0) is 44.2 Å². The van der Waals surface area contributed by atoms with Crippen LogP contribution in [0, 0.1) is 0 Å². The molecular formula is C40H40N2O2. The molecule has 0 fully saturated rings. The van der Waals surface area contributed by atoms with Gasteiger partial charge in [0.25, 0.3) is 11.8 Å². The van der Waals surface area contributed by atoms with Gasteiger partial charge < -0.3 is 9.80 Å². The van der Waals surface area contributed by atoms with Crippen LogP contribution in [0.15, 0.2) is 120 Å². The van der Waals surface area contributed by atoms with E-state index in [0.717, 1.165) is 22.3 Å². The molecule has 2 aliphatic heterocycles.